The zero-order chi connectivity index (χ0) is 17.2. The summed E-state index contributed by atoms with van der Waals surface area (Å²) in [5, 5.41) is 14.4. The zero-order valence-electron chi connectivity index (χ0n) is 13.4. The van der Waals surface area contributed by atoms with Crippen LogP contribution in [0.15, 0.2) is 53.7 Å². The summed E-state index contributed by atoms with van der Waals surface area (Å²) in [5.41, 5.74) is 1.69. The highest BCUT2D eigenvalue weighted by atomic mass is 16.5. The maximum atomic E-state index is 11.9. The van der Waals surface area contributed by atoms with E-state index in [4.69, 9.17) is 14.7 Å². The number of ether oxygens (including phenoxy) is 2. The highest BCUT2D eigenvalue weighted by Crippen LogP contribution is 2.28. The van der Waals surface area contributed by atoms with Gasteiger partial charge in [-0.3, -0.25) is 4.79 Å². The van der Waals surface area contributed by atoms with Crippen molar-refractivity contribution in [2.75, 3.05) is 13.2 Å². The van der Waals surface area contributed by atoms with Crippen molar-refractivity contribution in [3.8, 4) is 11.5 Å². The fraction of sp³-hybridized carbons (Fsp3) is 0.222. The Bertz CT molecular complexity index is 687. The predicted octanol–water partition coefficient (Wildman–Crippen LogP) is 2.59. The molecular weight excluding hydrogens is 308 g/mol. The third kappa shape index (κ3) is 5.31. The molecule has 0 radical (unpaired) electrons. The summed E-state index contributed by atoms with van der Waals surface area (Å²) in [7, 11) is 0. The second kappa shape index (κ2) is 9.19. The predicted molar refractivity (Wildman–Crippen MR) is 90.8 cm³/mol. The topological polar surface area (TPSA) is 80.2 Å². The number of carbonyl (C=O) groups is 1. The lowest BCUT2D eigenvalue weighted by atomic mass is 10.2. The molecule has 126 valence electrons. The van der Waals surface area contributed by atoms with Crippen molar-refractivity contribution in [1.82, 2.24) is 5.32 Å². The molecule has 6 nitrogen and oxygen atoms in total. The molecule has 0 unspecified atom stereocenters. The van der Waals surface area contributed by atoms with Crippen molar-refractivity contribution in [2.45, 2.75) is 13.5 Å². The quantitative estimate of drug-likeness (QED) is 0.443. The Balaban J connectivity index is 1.91. The Kier molecular flexibility index (Phi) is 6.64. The summed E-state index contributed by atoms with van der Waals surface area (Å²) < 4.78 is 11.0. The minimum atomic E-state index is -0.220. The summed E-state index contributed by atoms with van der Waals surface area (Å²) in [6.45, 7) is 2.65. The largest absolute Gasteiger partial charge is 0.490 e. The number of nitrogens with one attached hydrogen (secondary N) is 1. The molecule has 0 saturated heterocycles. The van der Waals surface area contributed by atoms with Crippen molar-refractivity contribution >= 4 is 12.1 Å². The first kappa shape index (κ1) is 17.3. The van der Waals surface area contributed by atoms with Crippen LogP contribution in [0.4, 0.5) is 0 Å². The molecule has 0 atom stereocenters. The number of benzene rings is 2. The van der Waals surface area contributed by atoms with E-state index in [0.29, 0.717) is 30.2 Å². The first-order valence-electron chi connectivity index (χ1n) is 7.60. The molecule has 1 amide bonds. The van der Waals surface area contributed by atoms with E-state index in [1.165, 1.54) is 6.21 Å². The van der Waals surface area contributed by atoms with Gasteiger partial charge in [-0.1, -0.05) is 35.5 Å². The van der Waals surface area contributed by atoms with E-state index >= 15 is 0 Å². The van der Waals surface area contributed by atoms with Gasteiger partial charge in [-0.2, -0.15) is 0 Å². The van der Waals surface area contributed by atoms with Gasteiger partial charge in [-0.25, -0.2) is 0 Å². The zero-order valence-corrected chi connectivity index (χ0v) is 13.4. The molecule has 0 fully saturated rings. The van der Waals surface area contributed by atoms with Gasteiger partial charge in [0.05, 0.1) is 12.8 Å². The third-order valence-corrected chi connectivity index (χ3v) is 3.17. The number of hydrogen-bond donors (Lipinski definition) is 2. The van der Waals surface area contributed by atoms with E-state index < -0.39 is 0 Å². The molecule has 0 spiro atoms. The van der Waals surface area contributed by atoms with E-state index in [-0.39, 0.29) is 12.5 Å². The van der Waals surface area contributed by atoms with E-state index in [1.807, 2.05) is 37.3 Å². The molecule has 0 aliphatic heterocycles. The van der Waals surface area contributed by atoms with E-state index in [9.17, 15) is 4.79 Å². The Hall–Kier alpha value is -3.02. The van der Waals surface area contributed by atoms with Gasteiger partial charge in [-0.15, -0.1) is 0 Å². The van der Waals surface area contributed by atoms with E-state index in [1.54, 1.807) is 18.2 Å². The van der Waals surface area contributed by atoms with Crippen LogP contribution in [0, 0.1) is 0 Å². The fourth-order valence-electron chi connectivity index (χ4n) is 2.05. The van der Waals surface area contributed by atoms with Crippen molar-refractivity contribution in [3.63, 3.8) is 0 Å². The lowest BCUT2D eigenvalue weighted by Crippen LogP contribution is -2.28. The number of carbonyl (C=O) groups excluding carboxylic acids is 1. The number of hydrogen-bond acceptors (Lipinski definition) is 5. The van der Waals surface area contributed by atoms with Crippen molar-refractivity contribution in [2.24, 2.45) is 5.16 Å². The van der Waals surface area contributed by atoms with Gasteiger partial charge in [0.15, 0.2) is 18.1 Å². The van der Waals surface area contributed by atoms with Crippen molar-refractivity contribution in [1.29, 1.82) is 0 Å². The minimum absolute atomic E-state index is 0.111. The highest BCUT2D eigenvalue weighted by molar-refractivity contribution is 5.80. The van der Waals surface area contributed by atoms with Gasteiger partial charge >= 0.3 is 0 Å². The smallest absolute Gasteiger partial charge is 0.258 e. The number of nitrogens with zero attached hydrogens (tertiary/aromatic N) is 1. The van der Waals surface area contributed by atoms with Gasteiger partial charge in [0, 0.05) is 12.1 Å². The van der Waals surface area contributed by atoms with Crippen LogP contribution in [0.1, 0.15) is 18.1 Å². The maximum absolute atomic E-state index is 11.9. The van der Waals surface area contributed by atoms with Crippen LogP contribution in [0.2, 0.25) is 0 Å². The normalized spacial score (nSPS) is 10.5. The van der Waals surface area contributed by atoms with Crippen LogP contribution in [0.5, 0.6) is 11.5 Å². The average molecular weight is 328 g/mol. The maximum Gasteiger partial charge on any atom is 0.258 e. The molecule has 24 heavy (non-hydrogen) atoms. The summed E-state index contributed by atoms with van der Waals surface area (Å²) in [4.78, 5) is 11.9. The lowest BCUT2D eigenvalue weighted by molar-refractivity contribution is -0.123. The molecule has 0 saturated carbocycles. The van der Waals surface area contributed by atoms with Crippen LogP contribution < -0.4 is 14.8 Å². The standard InChI is InChI=1S/C18H20N2O4/c1-2-23-17-10-15(12-20-22)8-9-16(17)24-13-18(21)19-11-14-6-4-3-5-7-14/h3-10,12,22H,2,11,13H2,1H3,(H,19,21)/b20-12+. The van der Waals surface area contributed by atoms with E-state index in [2.05, 4.69) is 10.5 Å². The van der Waals surface area contributed by atoms with Gasteiger partial charge in [0.2, 0.25) is 0 Å². The summed E-state index contributed by atoms with van der Waals surface area (Å²) >= 11 is 0. The van der Waals surface area contributed by atoms with Crippen LogP contribution in [-0.2, 0) is 11.3 Å². The highest BCUT2D eigenvalue weighted by Gasteiger charge is 2.09. The second-order valence-corrected chi connectivity index (χ2v) is 4.93. The molecular formula is C18H20N2O4. The summed E-state index contributed by atoms with van der Waals surface area (Å²) in [6.07, 6.45) is 1.29. The van der Waals surface area contributed by atoms with Gasteiger partial charge in [0.25, 0.3) is 5.91 Å². The average Bonchev–Trinajstić information content (AvgIpc) is 2.61. The fourth-order valence-corrected chi connectivity index (χ4v) is 2.05. The lowest BCUT2D eigenvalue weighted by Gasteiger charge is -2.12. The number of rotatable bonds is 8. The molecule has 2 rings (SSSR count). The minimum Gasteiger partial charge on any atom is -0.490 e. The van der Waals surface area contributed by atoms with E-state index in [0.717, 1.165) is 5.56 Å². The molecule has 2 N–H and O–H groups in total. The van der Waals surface area contributed by atoms with Crippen LogP contribution in [0.25, 0.3) is 0 Å². The number of amides is 1. The Morgan fingerprint density at radius 3 is 2.67 bits per heavy atom. The molecule has 0 aliphatic carbocycles. The Morgan fingerprint density at radius 1 is 1.17 bits per heavy atom. The third-order valence-electron chi connectivity index (χ3n) is 3.17. The molecule has 0 bridgehead atoms. The number of oxime groups is 1. The summed E-state index contributed by atoms with van der Waals surface area (Å²) in [6, 6.07) is 14.7. The van der Waals surface area contributed by atoms with Crippen LogP contribution in [-0.4, -0.2) is 30.5 Å². The van der Waals surface area contributed by atoms with Crippen molar-refractivity contribution < 1.29 is 19.5 Å². The first-order chi connectivity index (χ1) is 11.7. The van der Waals surface area contributed by atoms with Crippen LogP contribution >= 0.6 is 0 Å². The van der Waals surface area contributed by atoms with Crippen LogP contribution in [0.3, 0.4) is 0 Å². The SMILES string of the molecule is CCOc1cc(/C=N/O)ccc1OCC(=O)NCc1ccccc1. The molecule has 0 heterocycles. The van der Waals surface area contributed by atoms with Gasteiger partial charge in [-0.05, 0) is 30.7 Å². The molecule has 2 aromatic carbocycles. The summed E-state index contributed by atoms with van der Waals surface area (Å²) in [5.74, 6) is 0.731. The first-order valence-corrected chi connectivity index (χ1v) is 7.60. The Labute approximate surface area is 140 Å². The van der Waals surface area contributed by atoms with Gasteiger partial charge in [0.1, 0.15) is 0 Å². The van der Waals surface area contributed by atoms with Crippen molar-refractivity contribution in [3.05, 3.63) is 59.7 Å². The second-order valence-electron chi connectivity index (χ2n) is 4.93. The molecule has 6 heteroatoms. The molecule has 0 aliphatic rings. The monoisotopic (exact) mass is 328 g/mol. The van der Waals surface area contributed by atoms with Gasteiger partial charge < -0.3 is 20.0 Å². The molecule has 0 aromatic heterocycles. The molecule has 2 aromatic rings. The Morgan fingerprint density at radius 2 is 1.96 bits per heavy atom.